The van der Waals surface area contributed by atoms with Crippen molar-refractivity contribution in [2.24, 2.45) is 0 Å². The van der Waals surface area contributed by atoms with Crippen LogP contribution in [-0.2, 0) is 6.42 Å². The molecule has 22 heavy (non-hydrogen) atoms. The van der Waals surface area contributed by atoms with Gasteiger partial charge in [0.2, 0.25) is 0 Å². The molecule has 0 spiro atoms. The minimum atomic E-state index is 0. The van der Waals surface area contributed by atoms with Gasteiger partial charge in [0, 0.05) is 22.6 Å². The minimum Gasteiger partial charge on any atom is -0.312 e. The molecule has 2 aromatic carbocycles. The van der Waals surface area contributed by atoms with Crippen molar-refractivity contribution in [3.05, 3.63) is 65.9 Å². The summed E-state index contributed by atoms with van der Waals surface area (Å²) in [5.74, 6) is 0.593. The van der Waals surface area contributed by atoms with Gasteiger partial charge in [0.05, 0.1) is 11.6 Å². The lowest BCUT2D eigenvalue weighted by molar-refractivity contribution is 0.528. The monoisotopic (exact) mass is 332 g/mol. The van der Waals surface area contributed by atoms with E-state index in [0.29, 0.717) is 5.88 Å². The third-order valence-electron chi connectivity index (χ3n) is 4.28. The number of benzene rings is 2. The second-order valence-corrected chi connectivity index (χ2v) is 5.77. The summed E-state index contributed by atoms with van der Waals surface area (Å²) in [4.78, 5) is 0. The van der Waals surface area contributed by atoms with Crippen LogP contribution in [0.1, 0.15) is 17.3 Å². The molecule has 1 aliphatic heterocycles. The first kappa shape index (κ1) is 15.4. The van der Waals surface area contributed by atoms with Crippen molar-refractivity contribution in [1.82, 2.24) is 9.88 Å². The molecule has 4 rings (SSSR count). The Hall–Kier alpha value is -1.48. The van der Waals surface area contributed by atoms with Crippen LogP contribution in [0, 0.1) is 0 Å². The Kier molecular flexibility index (Phi) is 4.44. The summed E-state index contributed by atoms with van der Waals surface area (Å²) in [6, 6.07) is 19.4. The molecule has 3 aromatic rings. The van der Waals surface area contributed by atoms with E-state index in [1.54, 1.807) is 0 Å². The molecule has 0 bridgehead atoms. The summed E-state index contributed by atoms with van der Waals surface area (Å²) in [5.41, 5.74) is 5.24. The van der Waals surface area contributed by atoms with E-state index in [1.807, 2.05) is 0 Å². The number of alkyl halides is 1. The predicted octanol–water partition coefficient (Wildman–Crippen LogP) is 4.48. The molecule has 1 N–H and O–H groups in total. The molecular weight excluding hydrogens is 315 g/mol. The van der Waals surface area contributed by atoms with E-state index in [-0.39, 0.29) is 18.4 Å². The van der Waals surface area contributed by atoms with Crippen molar-refractivity contribution < 1.29 is 0 Å². The normalized spacial score (nSPS) is 17.0. The summed E-state index contributed by atoms with van der Waals surface area (Å²) < 4.78 is 2.36. The zero-order valence-electron chi connectivity index (χ0n) is 12.1. The third kappa shape index (κ3) is 2.32. The van der Waals surface area contributed by atoms with Gasteiger partial charge in [-0.1, -0.05) is 36.4 Å². The Labute approximate surface area is 141 Å². The van der Waals surface area contributed by atoms with Gasteiger partial charge in [0.25, 0.3) is 0 Å². The average molecular weight is 333 g/mol. The lowest BCUT2D eigenvalue weighted by Crippen LogP contribution is -2.32. The SMILES string of the molecule is Cl.ClCC1NCCc2c1n(-c1ccccc1)c1ccccc21. The first-order chi connectivity index (χ1) is 10.4. The molecule has 0 radical (unpaired) electrons. The van der Waals surface area contributed by atoms with Crippen molar-refractivity contribution in [2.75, 3.05) is 12.4 Å². The van der Waals surface area contributed by atoms with Gasteiger partial charge in [-0.2, -0.15) is 0 Å². The van der Waals surface area contributed by atoms with Crippen LogP contribution in [0.4, 0.5) is 0 Å². The number of rotatable bonds is 2. The number of halogens is 2. The molecule has 0 aliphatic carbocycles. The second-order valence-electron chi connectivity index (χ2n) is 5.46. The first-order valence-electron chi connectivity index (χ1n) is 7.37. The number of nitrogens with one attached hydrogen (secondary N) is 1. The van der Waals surface area contributed by atoms with Crippen LogP contribution >= 0.6 is 24.0 Å². The second kappa shape index (κ2) is 6.33. The molecule has 0 saturated carbocycles. The highest BCUT2D eigenvalue weighted by Crippen LogP contribution is 2.35. The van der Waals surface area contributed by atoms with Gasteiger partial charge >= 0.3 is 0 Å². The number of hydrogen-bond acceptors (Lipinski definition) is 1. The maximum absolute atomic E-state index is 6.22. The van der Waals surface area contributed by atoms with Crippen LogP contribution in [0.3, 0.4) is 0 Å². The number of para-hydroxylation sites is 2. The lowest BCUT2D eigenvalue weighted by Gasteiger charge is -2.25. The number of nitrogens with zero attached hydrogens (tertiary/aromatic N) is 1. The molecule has 0 saturated heterocycles. The highest BCUT2D eigenvalue weighted by molar-refractivity contribution is 6.18. The molecule has 1 aliphatic rings. The molecule has 1 atom stereocenters. The van der Waals surface area contributed by atoms with Crippen LogP contribution in [0.5, 0.6) is 0 Å². The van der Waals surface area contributed by atoms with E-state index in [0.717, 1.165) is 13.0 Å². The van der Waals surface area contributed by atoms with Crippen molar-refractivity contribution in [2.45, 2.75) is 12.5 Å². The van der Waals surface area contributed by atoms with Crippen molar-refractivity contribution >= 4 is 34.9 Å². The third-order valence-corrected chi connectivity index (χ3v) is 4.59. The van der Waals surface area contributed by atoms with Gasteiger partial charge in [0.15, 0.2) is 0 Å². The summed E-state index contributed by atoms with van der Waals surface area (Å²) in [6.07, 6.45) is 1.06. The molecule has 114 valence electrons. The van der Waals surface area contributed by atoms with Crippen LogP contribution < -0.4 is 5.32 Å². The molecule has 2 nitrogen and oxygen atoms in total. The highest BCUT2D eigenvalue weighted by atomic mass is 35.5. The standard InChI is InChI=1S/C18H17ClN2.ClH/c19-12-16-18-15(10-11-20-16)14-8-4-5-9-17(14)21(18)13-6-2-1-3-7-13;/h1-9,16,20H,10-12H2;1H. The molecular formula is C18H18Cl2N2. The van der Waals surface area contributed by atoms with E-state index in [1.165, 1.54) is 27.8 Å². The van der Waals surface area contributed by atoms with Gasteiger partial charge in [-0.25, -0.2) is 0 Å². The smallest absolute Gasteiger partial charge is 0.0619 e. The van der Waals surface area contributed by atoms with Crippen molar-refractivity contribution in [3.63, 3.8) is 0 Å². The summed E-state index contributed by atoms with van der Waals surface area (Å²) in [5, 5.41) is 4.90. The Morgan fingerprint density at radius 1 is 1.05 bits per heavy atom. The van der Waals surface area contributed by atoms with E-state index in [9.17, 15) is 0 Å². The maximum Gasteiger partial charge on any atom is 0.0619 e. The molecule has 0 amide bonds. The predicted molar refractivity (Wildman–Crippen MR) is 95.7 cm³/mol. The van der Waals surface area contributed by atoms with Gasteiger partial charge in [0.1, 0.15) is 0 Å². The average Bonchev–Trinajstić information content (AvgIpc) is 2.90. The Balaban J connectivity index is 0.00000144. The lowest BCUT2D eigenvalue weighted by atomic mass is 10.00. The van der Waals surface area contributed by atoms with Crippen LogP contribution in [0.25, 0.3) is 16.6 Å². The van der Waals surface area contributed by atoms with Crippen molar-refractivity contribution in [3.8, 4) is 5.69 Å². The molecule has 2 heterocycles. The van der Waals surface area contributed by atoms with Gasteiger partial charge in [-0.05, 0) is 36.7 Å². The largest absolute Gasteiger partial charge is 0.312 e. The summed E-state index contributed by atoms with van der Waals surface area (Å²) in [7, 11) is 0. The molecule has 0 fully saturated rings. The zero-order chi connectivity index (χ0) is 14.2. The fraction of sp³-hybridized carbons (Fsp3) is 0.222. The Morgan fingerprint density at radius 3 is 2.55 bits per heavy atom. The van der Waals surface area contributed by atoms with E-state index in [4.69, 9.17) is 11.6 Å². The van der Waals surface area contributed by atoms with Crippen molar-refractivity contribution in [1.29, 1.82) is 0 Å². The molecule has 4 heteroatoms. The van der Waals surface area contributed by atoms with Gasteiger partial charge < -0.3 is 9.88 Å². The fourth-order valence-corrected chi connectivity index (χ4v) is 3.66. The maximum atomic E-state index is 6.22. The topological polar surface area (TPSA) is 17.0 Å². The fourth-order valence-electron chi connectivity index (χ4n) is 3.41. The number of hydrogen-bond donors (Lipinski definition) is 1. The van der Waals surface area contributed by atoms with Gasteiger partial charge in [-0.15, -0.1) is 24.0 Å². The van der Waals surface area contributed by atoms with Gasteiger partial charge in [-0.3, -0.25) is 0 Å². The molecule has 1 unspecified atom stereocenters. The minimum absolute atomic E-state index is 0. The summed E-state index contributed by atoms with van der Waals surface area (Å²) in [6.45, 7) is 0.993. The first-order valence-corrected chi connectivity index (χ1v) is 7.90. The zero-order valence-corrected chi connectivity index (χ0v) is 13.7. The van der Waals surface area contributed by atoms with Crippen LogP contribution in [-0.4, -0.2) is 17.0 Å². The van der Waals surface area contributed by atoms with Crippen LogP contribution in [0.15, 0.2) is 54.6 Å². The Morgan fingerprint density at radius 2 is 1.77 bits per heavy atom. The molecule has 1 aromatic heterocycles. The quantitative estimate of drug-likeness (QED) is 0.684. The van der Waals surface area contributed by atoms with Crippen LogP contribution in [0.2, 0.25) is 0 Å². The Bertz CT molecular complexity index is 780. The summed E-state index contributed by atoms with van der Waals surface area (Å²) >= 11 is 6.22. The van der Waals surface area contributed by atoms with E-state index >= 15 is 0 Å². The van der Waals surface area contributed by atoms with E-state index in [2.05, 4.69) is 64.5 Å². The number of aromatic nitrogens is 1. The number of fused-ring (bicyclic) bond motifs is 3. The van der Waals surface area contributed by atoms with E-state index < -0.39 is 0 Å². The highest BCUT2D eigenvalue weighted by Gasteiger charge is 2.27.